The molecule has 0 atom stereocenters. The molecular formula is C11H16ClN3O2S. The molecule has 1 aliphatic rings. The normalized spacial score (nSPS) is 15.8. The molecular weight excluding hydrogens is 274 g/mol. The van der Waals surface area contributed by atoms with Gasteiger partial charge in [-0.2, -0.15) is 0 Å². The van der Waals surface area contributed by atoms with E-state index in [9.17, 15) is 8.42 Å². The molecule has 18 heavy (non-hydrogen) atoms. The Balaban J connectivity index is 1.93. The second-order valence-corrected chi connectivity index (χ2v) is 6.70. The summed E-state index contributed by atoms with van der Waals surface area (Å²) in [5, 5.41) is 0.149. The van der Waals surface area contributed by atoms with Gasteiger partial charge in [-0.25, -0.2) is 18.1 Å². The number of nitrogen functional groups attached to an aromatic ring is 1. The second kappa shape index (κ2) is 5.42. The van der Waals surface area contributed by atoms with Crippen LogP contribution in [0.4, 0.5) is 5.82 Å². The maximum Gasteiger partial charge on any atom is 0.242 e. The van der Waals surface area contributed by atoms with Crippen molar-refractivity contribution in [3.63, 3.8) is 0 Å². The van der Waals surface area contributed by atoms with Crippen molar-refractivity contribution in [3.8, 4) is 0 Å². The standard InChI is InChI=1S/C11H16ClN3O2S/c12-10-6-9(7-14-11(10)13)18(16,17)15-5-1-2-8-3-4-8/h6-8,15H,1-5H2,(H2,13,14). The molecule has 1 fully saturated rings. The van der Waals surface area contributed by atoms with Crippen molar-refractivity contribution in [1.82, 2.24) is 9.71 Å². The van der Waals surface area contributed by atoms with Crippen LogP contribution in [-0.4, -0.2) is 19.9 Å². The molecule has 0 amide bonds. The summed E-state index contributed by atoms with van der Waals surface area (Å²) in [4.78, 5) is 3.79. The fourth-order valence-electron chi connectivity index (χ4n) is 1.67. The Morgan fingerprint density at radius 3 is 2.83 bits per heavy atom. The van der Waals surface area contributed by atoms with Gasteiger partial charge in [0.1, 0.15) is 10.7 Å². The Labute approximate surface area is 112 Å². The van der Waals surface area contributed by atoms with Gasteiger partial charge in [-0.15, -0.1) is 0 Å². The van der Waals surface area contributed by atoms with Gasteiger partial charge in [0.05, 0.1) is 5.02 Å². The Hall–Kier alpha value is -0.850. The molecule has 2 rings (SSSR count). The largest absolute Gasteiger partial charge is 0.382 e. The minimum Gasteiger partial charge on any atom is -0.382 e. The van der Waals surface area contributed by atoms with E-state index in [1.54, 1.807) is 0 Å². The molecule has 0 unspecified atom stereocenters. The van der Waals surface area contributed by atoms with Gasteiger partial charge in [0.15, 0.2) is 0 Å². The number of nitrogens with zero attached hydrogens (tertiary/aromatic N) is 1. The van der Waals surface area contributed by atoms with E-state index in [1.165, 1.54) is 25.1 Å². The van der Waals surface area contributed by atoms with Gasteiger partial charge in [-0.3, -0.25) is 0 Å². The predicted octanol–water partition coefficient (Wildman–Crippen LogP) is 1.79. The zero-order valence-corrected chi connectivity index (χ0v) is 11.5. The van der Waals surface area contributed by atoms with Crippen LogP contribution in [0.3, 0.4) is 0 Å². The molecule has 0 radical (unpaired) electrons. The Bertz CT molecular complexity index is 529. The van der Waals surface area contributed by atoms with Gasteiger partial charge >= 0.3 is 0 Å². The van der Waals surface area contributed by atoms with Crippen LogP contribution in [0.2, 0.25) is 5.02 Å². The molecule has 0 saturated heterocycles. The predicted molar refractivity (Wildman–Crippen MR) is 70.8 cm³/mol. The summed E-state index contributed by atoms with van der Waals surface area (Å²) < 4.78 is 26.3. The highest BCUT2D eigenvalue weighted by Gasteiger charge is 2.21. The van der Waals surface area contributed by atoms with Crippen molar-refractivity contribution in [3.05, 3.63) is 17.3 Å². The summed E-state index contributed by atoms with van der Waals surface area (Å²) in [6, 6.07) is 1.31. The van der Waals surface area contributed by atoms with Gasteiger partial charge in [0, 0.05) is 12.7 Å². The monoisotopic (exact) mass is 289 g/mol. The van der Waals surface area contributed by atoms with Crippen LogP contribution >= 0.6 is 11.6 Å². The molecule has 1 aromatic heterocycles. The highest BCUT2D eigenvalue weighted by atomic mass is 35.5. The number of rotatable bonds is 6. The minimum atomic E-state index is -3.53. The van der Waals surface area contributed by atoms with Crippen molar-refractivity contribution < 1.29 is 8.42 Å². The number of hydrogen-bond acceptors (Lipinski definition) is 4. The van der Waals surface area contributed by atoms with Crippen molar-refractivity contribution in [2.75, 3.05) is 12.3 Å². The van der Waals surface area contributed by atoms with Gasteiger partial charge in [0.25, 0.3) is 0 Å². The summed E-state index contributed by atoms with van der Waals surface area (Å²) in [6.07, 6.45) is 5.72. The first kappa shape index (κ1) is 13.6. The van der Waals surface area contributed by atoms with Gasteiger partial charge in [-0.05, 0) is 24.8 Å². The fourth-order valence-corrected chi connectivity index (χ4v) is 2.94. The molecule has 0 bridgehead atoms. The molecule has 3 N–H and O–H groups in total. The number of nitrogens with two attached hydrogens (primary N) is 1. The van der Waals surface area contributed by atoms with Crippen molar-refractivity contribution in [1.29, 1.82) is 0 Å². The number of halogens is 1. The number of pyridine rings is 1. The molecule has 1 aromatic rings. The molecule has 1 saturated carbocycles. The molecule has 0 spiro atoms. The van der Waals surface area contributed by atoms with E-state index in [1.807, 2.05) is 0 Å². The lowest BCUT2D eigenvalue weighted by molar-refractivity contribution is 0.572. The number of anilines is 1. The van der Waals surface area contributed by atoms with E-state index in [0.29, 0.717) is 6.54 Å². The third kappa shape index (κ3) is 3.57. The topological polar surface area (TPSA) is 85.1 Å². The van der Waals surface area contributed by atoms with Crippen molar-refractivity contribution in [2.24, 2.45) is 5.92 Å². The van der Waals surface area contributed by atoms with E-state index in [0.717, 1.165) is 18.8 Å². The van der Waals surface area contributed by atoms with Crippen LogP contribution < -0.4 is 10.5 Å². The Morgan fingerprint density at radius 2 is 2.22 bits per heavy atom. The van der Waals surface area contributed by atoms with Crippen LogP contribution in [0.5, 0.6) is 0 Å². The van der Waals surface area contributed by atoms with Gasteiger partial charge < -0.3 is 5.73 Å². The molecule has 7 heteroatoms. The molecule has 1 aliphatic carbocycles. The maximum absolute atomic E-state index is 11.9. The zero-order chi connectivity index (χ0) is 13.2. The molecule has 1 heterocycles. The summed E-state index contributed by atoms with van der Waals surface area (Å²) in [5.41, 5.74) is 5.44. The Morgan fingerprint density at radius 1 is 1.50 bits per heavy atom. The number of hydrogen-bond donors (Lipinski definition) is 2. The van der Waals surface area contributed by atoms with Crippen LogP contribution in [0.25, 0.3) is 0 Å². The van der Waals surface area contributed by atoms with Gasteiger partial charge in [-0.1, -0.05) is 24.4 Å². The summed E-state index contributed by atoms with van der Waals surface area (Å²) in [6.45, 7) is 0.445. The summed E-state index contributed by atoms with van der Waals surface area (Å²) in [7, 11) is -3.53. The maximum atomic E-state index is 11.9. The smallest absolute Gasteiger partial charge is 0.242 e. The number of aromatic nitrogens is 1. The van der Waals surface area contributed by atoms with Crippen LogP contribution in [-0.2, 0) is 10.0 Å². The third-order valence-electron chi connectivity index (χ3n) is 2.93. The van der Waals surface area contributed by atoms with E-state index in [-0.39, 0.29) is 15.7 Å². The van der Waals surface area contributed by atoms with E-state index in [2.05, 4.69) is 9.71 Å². The highest BCUT2D eigenvalue weighted by Crippen LogP contribution is 2.33. The highest BCUT2D eigenvalue weighted by molar-refractivity contribution is 7.89. The second-order valence-electron chi connectivity index (χ2n) is 4.52. The van der Waals surface area contributed by atoms with E-state index in [4.69, 9.17) is 17.3 Å². The van der Waals surface area contributed by atoms with Crippen LogP contribution in [0.15, 0.2) is 17.2 Å². The van der Waals surface area contributed by atoms with Crippen molar-refractivity contribution in [2.45, 2.75) is 30.6 Å². The molecule has 5 nitrogen and oxygen atoms in total. The average Bonchev–Trinajstić information content (AvgIpc) is 3.12. The summed E-state index contributed by atoms with van der Waals surface area (Å²) in [5.74, 6) is 0.937. The van der Waals surface area contributed by atoms with Crippen LogP contribution in [0.1, 0.15) is 25.7 Å². The lowest BCUT2D eigenvalue weighted by Crippen LogP contribution is -2.25. The van der Waals surface area contributed by atoms with Crippen molar-refractivity contribution >= 4 is 27.4 Å². The number of sulfonamides is 1. The van der Waals surface area contributed by atoms with E-state index >= 15 is 0 Å². The zero-order valence-electron chi connectivity index (χ0n) is 9.89. The van der Waals surface area contributed by atoms with Gasteiger partial charge in [0.2, 0.25) is 10.0 Å². The first-order valence-corrected chi connectivity index (χ1v) is 7.76. The van der Waals surface area contributed by atoms with E-state index < -0.39 is 10.0 Å². The lowest BCUT2D eigenvalue weighted by atomic mass is 10.2. The number of nitrogens with one attached hydrogen (secondary N) is 1. The SMILES string of the molecule is Nc1ncc(S(=O)(=O)NCCCC2CC2)cc1Cl. The Kier molecular flexibility index (Phi) is 4.09. The summed E-state index contributed by atoms with van der Waals surface area (Å²) >= 11 is 5.75. The average molecular weight is 290 g/mol. The minimum absolute atomic E-state index is 0.0492. The molecule has 0 aliphatic heterocycles. The lowest BCUT2D eigenvalue weighted by Gasteiger charge is -2.07. The van der Waals surface area contributed by atoms with Crippen LogP contribution in [0, 0.1) is 5.92 Å². The molecule has 0 aromatic carbocycles. The molecule has 100 valence electrons. The quantitative estimate of drug-likeness (QED) is 0.782. The fraction of sp³-hybridized carbons (Fsp3) is 0.545. The first-order chi connectivity index (χ1) is 8.49. The first-order valence-electron chi connectivity index (χ1n) is 5.90. The third-order valence-corrected chi connectivity index (χ3v) is 4.66.